The van der Waals surface area contributed by atoms with E-state index in [9.17, 15) is 18.0 Å². The molecule has 0 spiro atoms. The number of ether oxygens (including phenoxy) is 1. The highest BCUT2D eigenvalue weighted by molar-refractivity contribution is 6.09. The standard InChI is InChI=1S/C23H31F3N10O2/c1-15-10-34(11-16(2)36(15)14-37)22-30-18-20(33-4-6-38-7-5-33)31-19(17(8-28-3)9-29-13-27)32-21(18)35(22)12-23(24,25)26/h8-9,14-16H,3-7,10-13,27H2,1-2H3/b17-8+,29-9-. The number of amides is 1. The van der Waals surface area contributed by atoms with E-state index in [0.29, 0.717) is 50.8 Å². The van der Waals surface area contributed by atoms with Crippen LogP contribution in [0.3, 0.4) is 0 Å². The zero-order valence-electron chi connectivity index (χ0n) is 21.3. The fourth-order valence-corrected chi connectivity index (χ4v) is 4.77. The molecule has 0 aliphatic carbocycles. The van der Waals surface area contributed by atoms with E-state index < -0.39 is 12.7 Å². The van der Waals surface area contributed by atoms with Gasteiger partial charge in [0.05, 0.1) is 25.5 Å². The molecule has 2 N–H and O–H groups in total. The molecule has 38 heavy (non-hydrogen) atoms. The van der Waals surface area contributed by atoms with Gasteiger partial charge in [0.1, 0.15) is 6.54 Å². The first-order valence-corrected chi connectivity index (χ1v) is 12.2. The summed E-state index contributed by atoms with van der Waals surface area (Å²) in [6.45, 7) is 8.31. The van der Waals surface area contributed by atoms with Crippen molar-refractivity contribution in [3.63, 3.8) is 0 Å². The maximum absolute atomic E-state index is 13.9. The van der Waals surface area contributed by atoms with E-state index >= 15 is 0 Å². The first-order valence-electron chi connectivity index (χ1n) is 12.2. The van der Waals surface area contributed by atoms with Gasteiger partial charge in [-0.1, -0.05) is 0 Å². The zero-order valence-corrected chi connectivity index (χ0v) is 21.3. The predicted molar refractivity (Wildman–Crippen MR) is 139 cm³/mol. The third-order valence-electron chi connectivity index (χ3n) is 6.42. The number of nitrogens with zero attached hydrogens (tertiary/aromatic N) is 9. The van der Waals surface area contributed by atoms with Crippen molar-refractivity contribution in [3.05, 3.63) is 12.0 Å². The Hall–Kier alpha value is -3.59. The van der Waals surface area contributed by atoms with E-state index in [-0.39, 0.29) is 41.7 Å². The molecule has 2 atom stereocenters. The van der Waals surface area contributed by atoms with Crippen LogP contribution in [0.1, 0.15) is 19.7 Å². The SMILES string of the molecule is C=N/C=C(\C=N/CN)c1nc(N2CCOCC2)c2nc(N3CC(C)N(C=O)C(C)C3)n(CC(F)(F)F)c2n1. The normalized spacial score (nSPS) is 21.5. The third-order valence-corrected chi connectivity index (χ3v) is 6.42. The Morgan fingerprint density at radius 2 is 1.84 bits per heavy atom. The van der Waals surface area contributed by atoms with Crippen molar-refractivity contribution in [2.75, 3.05) is 55.9 Å². The van der Waals surface area contributed by atoms with Gasteiger partial charge in [-0.3, -0.25) is 19.3 Å². The molecule has 2 saturated heterocycles. The topological polar surface area (TPSA) is 130 Å². The molecule has 0 radical (unpaired) electrons. The number of allylic oxidation sites excluding steroid dienone is 1. The molecule has 2 aromatic rings. The lowest BCUT2D eigenvalue weighted by Crippen LogP contribution is -2.56. The molecule has 15 heteroatoms. The Morgan fingerprint density at radius 1 is 1.16 bits per heavy atom. The molecule has 206 valence electrons. The molecule has 0 aromatic carbocycles. The van der Waals surface area contributed by atoms with Crippen LogP contribution in [0, 0.1) is 0 Å². The number of nitrogens with two attached hydrogens (primary N) is 1. The molecule has 0 bridgehead atoms. The van der Waals surface area contributed by atoms with Crippen molar-refractivity contribution in [2.45, 2.75) is 38.7 Å². The highest BCUT2D eigenvalue weighted by atomic mass is 19.4. The van der Waals surface area contributed by atoms with Gasteiger partial charge in [-0.25, -0.2) is 15.0 Å². The van der Waals surface area contributed by atoms with Gasteiger partial charge in [0.2, 0.25) is 12.4 Å². The maximum Gasteiger partial charge on any atom is 0.406 e. The van der Waals surface area contributed by atoms with Gasteiger partial charge in [0.25, 0.3) is 0 Å². The summed E-state index contributed by atoms with van der Waals surface area (Å²) in [6, 6.07) is -0.451. The molecule has 2 unspecified atom stereocenters. The number of hydrogen-bond acceptors (Lipinski definition) is 10. The summed E-state index contributed by atoms with van der Waals surface area (Å²) < 4.78 is 48.2. The predicted octanol–water partition coefficient (Wildman–Crippen LogP) is 1.31. The van der Waals surface area contributed by atoms with Crippen LogP contribution in [-0.4, -0.2) is 108 Å². The number of imidazole rings is 1. The minimum Gasteiger partial charge on any atom is -0.378 e. The van der Waals surface area contributed by atoms with Crippen molar-refractivity contribution < 1.29 is 22.7 Å². The van der Waals surface area contributed by atoms with Crippen molar-refractivity contribution in [1.29, 1.82) is 0 Å². The second-order valence-corrected chi connectivity index (χ2v) is 9.17. The largest absolute Gasteiger partial charge is 0.406 e. The molecular weight excluding hydrogens is 505 g/mol. The Kier molecular flexibility index (Phi) is 8.26. The molecule has 1 amide bonds. The van der Waals surface area contributed by atoms with Crippen molar-refractivity contribution in [2.24, 2.45) is 15.7 Å². The van der Waals surface area contributed by atoms with Crippen LogP contribution in [0.15, 0.2) is 16.2 Å². The molecule has 12 nitrogen and oxygen atoms in total. The van der Waals surface area contributed by atoms with E-state index in [1.54, 1.807) is 9.80 Å². The zero-order chi connectivity index (χ0) is 27.4. The Labute approximate surface area is 217 Å². The van der Waals surface area contributed by atoms with E-state index in [2.05, 4.69) is 31.7 Å². The summed E-state index contributed by atoms with van der Waals surface area (Å²) in [5.74, 6) is 0.621. The second-order valence-electron chi connectivity index (χ2n) is 9.17. The molecule has 2 aromatic heterocycles. The molecule has 4 heterocycles. The quantitative estimate of drug-likeness (QED) is 0.395. The van der Waals surface area contributed by atoms with Gasteiger partial charge in [-0.2, -0.15) is 13.2 Å². The number of carbonyl (C=O) groups excluding carboxylic acids is 1. The summed E-state index contributed by atoms with van der Waals surface area (Å²) in [5, 5.41) is 0. The lowest BCUT2D eigenvalue weighted by Gasteiger charge is -2.42. The fraction of sp³-hybridized carbons (Fsp3) is 0.565. The summed E-state index contributed by atoms with van der Waals surface area (Å²) in [7, 11) is 0. The number of morpholine rings is 1. The van der Waals surface area contributed by atoms with Crippen LogP contribution >= 0.6 is 0 Å². The van der Waals surface area contributed by atoms with E-state index in [4.69, 9.17) is 10.5 Å². The Balaban J connectivity index is 1.95. The lowest BCUT2D eigenvalue weighted by atomic mass is 10.1. The number of aromatic nitrogens is 4. The lowest BCUT2D eigenvalue weighted by molar-refractivity contribution is -0.139. The fourth-order valence-electron chi connectivity index (χ4n) is 4.77. The van der Waals surface area contributed by atoms with E-state index in [0.717, 1.165) is 11.0 Å². The van der Waals surface area contributed by atoms with Gasteiger partial charge in [0, 0.05) is 50.7 Å². The molecule has 0 saturated carbocycles. The highest BCUT2D eigenvalue weighted by Gasteiger charge is 2.36. The van der Waals surface area contributed by atoms with Crippen LogP contribution in [-0.2, 0) is 16.1 Å². The van der Waals surface area contributed by atoms with E-state index in [1.165, 1.54) is 12.4 Å². The number of carbonyl (C=O) groups is 1. The Morgan fingerprint density at radius 3 is 2.42 bits per heavy atom. The maximum atomic E-state index is 13.9. The monoisotopic (exact) mass is 536 g/mol. The van der Waals surface area contributed by atoms with E-state index in [1.807, 2.05) is 18.7 Å². The molecular formula is C23H31F3N10O2. The number of fused-ring (bicyclic) bond motifs is 1. The van der Waals surface area contributed by atoms with Crippen molar-refractivity contribution in [3.8, 4) is 0 Å². The first kappa shape index (κ1) is 27.4. The van der Waals surface area contributed by atoms with Crippen molar-refractivity contribution in [1.82, 2.24) is 24.4 Å². The van der Waals surface area contributed by atoms with Gasteiger partial charge in [-0.05, 0) is 20.6 Å². The number of alkyl halides is 3. The van der Waals surface area contributed by atoms with Gasteiger partial charge in [-0.15, -0.1) is 0 Å². The average molecular weight is 537 g/mol. The summed E-state index contributed by atoms with van der Waals surface area (Å²) in [6.07, 6.45) is -0.996. The summed E-state index contributed by atoms with van der Waals surface area (Å²) in [4.78, 5) is 38.6. The number of hydrogen-bond donors (Lipinski definition) is 1. The smallest absolute Gasteiger partial charge is 0.378 e. The number of halogens is 3. The number of piperazine rings is 1. The van der Waals surface area contributed by atoms with Gasteiger partial charge >= 0.3 is 6.18 Å². The minimum atomic E-state index is -4.54. The summed E-state index contributed by atoms with van der Waals surface area (Å²) >= 11 is 0. The van der Waals surface area contributed by atoms with Crippen molar-refractivity contribution >= 4 is 47.8 Å². The third kappa shape index (κ3) is 5.78. The molecule has 2 fully saturated rings. The molecule has 4 rings (SSSR count). The summed E-state index contributed by atoms with van der Waals surface area (Å²) in [5.41, 5.74) is 6.11. The van der Waals surface area contributed by atoms with Crippen LogP contribution < -0.4 is 15.5 Å². The second kappa shape index (κ2) is 11.4. The number of anilines is 2. The average Bonchev–Trinajstić information content (AvgIpc) is 3.23. The Bertz CT molecular complexity index is 1210. The minimum absolute atomic E-state index is 0.00760. The van der Waals surface area contributed by atoms with Gasteiger partial charge in [0.15, 0.2) is 22.8 Å². The van der Waals surface area contributed by atoms with Crippen LogP contribution in [0.25, 0.3) is 16.7 Å². The highest BCUT2D eigenvalue weighted by Crippen LogP contribution is 2.33. The van der Waals surface area contributed by atoms with Crippen LogP contribution in [0.4, 0.5) is 24.9 Å². The number of rotatable bonds is 8. The van der Waals surface area contributed by atoms with Crippen LogP contribution in [0.5, 0.6) is 0 Å². The van der Waals surface area contributed by atoms with Gasteiger partial charge < -0.3 is 25.2 Å². The number of aliphatic imine (C=N–C) groups is 2. The van der Waals surface area contributed by atoms with Crippen LogP contribution in [0.2, 0.25) is 0 Å². The molecule has 2 aliphatic heterocycles. The molecule has 2 aliphatic rings. The first-order chi connectivity index (χ1) is 18.2.